The molecule has 0 bridgehead atoms. The fourth-order valence-electron chi connectivity index (χ4n) is 3.20. The van der Waals surface area contributed by atoms with Crippen molar-refractivity contribution in [1.29, 1.82) is 0 Å². The van der Waals surface area contributed by atoms with Gasteiger partial charge in [0.1, 0.15) is 11.5 Å². The third-order valence-corrected chi connectivity index (χ3v) is 4.81. The second-order valence-electron chi connectivity index (χ2n) is 6.72. The van der Waals surface area contributed by atoms with Crippen LogP contribution >= 0.6 is 0 Å². The summed E-state index contributed by atoms with van der Waals surface area (Å²) in [5.41, 5.74) is 1.66. The van der Waals surface area contributed by atoms with Crippen molar-refractivity contribution in [3.8, 4) is 11.5 Å². The highest BCUT2D eigenvalue weighted by Crippen LogP contribution is 2.30. The highest BCUT2D eigenvalue weighted by atomic mass is 16.5. The first-order chi connectivity index (χ1) is 13.7. The van der Waals surface area contributed by atoms with Crippen LogP contribution in [0.3, 0.4) is 0 Å². The topological polar surface area (TPSA) is 77.7 Å². The van der Waals surface area contributed by atoms with Crippen LogP contribution in [0.1, 0.15) is 33.6 Å². The van der Waals surface area contributed by atoms with Crippen molar-refractivity contribution < 1.29 is 18.8 Å². The minimum absolute atomic E-state index is 0.0634. The highest BCUT2D eigenvalue weighted by molar-refractivity contribution is 5.95. The van der Waals surface area contributed by atoms with Gasteiger partial charge in [-0.2, -0.15) is 4.98 Å². The Bertz CT molecular complexity index is 943. The Balaban J connectivity index is 1.39. The molecular formula is C21H21N3O4. The summed E-state index contributed by atoms with van der Waals surface area (Å²) in [5.74, 6) is 2.40. The van der Waals surface area contributed by atoms with E-state index in [4.69, 9.17) is 14.0 Å². The molecule has 1 aliphatic heterocycles. The molecule has 3 aromatic rings. The number of methoxy groups -OCH3 is 2. The zero-order valence-corrected chi connectivity index (χ0v) is 15.8. The van der Waals surface area contributed by atoms with Gasteiger partial charge >= 0.3 is 0 Å². The molecule has 1 aliphatic rings. The Morgan fingerprint density at radius 1 is 1.11 bits per heavy atom. The zero-order chi connectivity index (χ0) is 19.5. The molecule has 0 radical (unpaired) electrons. The lowest BCUT2D eigenvalue weighted by molar-refractivity contribution is 0.0568. The van der Waals surface area contributed by atoms with Crippen LogP contribution < -0.4 is 9.47 Å². The van der Waals surface area contributed by atoms with Gasteiger partial charge in [0.2, 0.25) is 5.89 Å². The Morgan fingerprint density at radius 3 is 2.43 bits per heavy atom. The molecule has 7 nitrogen and oxygen atoms in total. The molecule has 1 saturated heterocycles. The minimum atomic E-state index is -0.0718. The van der Waals surface area contributed by atoms with E-state index < -0.39 is 0 Å². The summed E-state index contributed by atoms with van der Waals surface area (Å²) in [6.07, 6.45) is 0.628. The molecule has 7 heteroatoms. The average molecular weight is 379 g/mol. The Hall–Kier alpha value is -3.35. The number of carbonyl (C=O) groups is 1. The van der Waals surface area contributed by atoms with Crippen LogP contribution in [0.2, 0.25) is 0 Å². The van der Waals surface area contributed by atoms with E-state index >= 15 is 0 Å². The molecule has 0 N–H and O–H groups in total. The number of hydrogen-bond acceptors (Lipinski definition) is 6. The summed E-state index contributed by atoms with van der Waals surface area (Å²) in [7, 11) is 3.12. The maximum atomic E-state index is 12.7. The quantitative estimate of drug-likeness (QED) is 0.655. The van der Waals surface area contributed by atoms with E-state index in [0.717, 1.165) is 5.56 Å². The van der Waals surface area contributed by atoms with Gasteiger partial charge < -0.3 is 18.9 Å². The number of aromatic nitrogens is 2. The molecule has 0 spiro atoms. The first kappa shape index (κ1) is 18.0. The number of rotatable bonds is 6. The molecule has 0 unspecified atom stereocenters. The van der Waals surface area contributed by atoms with E-state index in [1.165, 1.54) is 0 Å². The number of hydrogen-bond donors (Lipinski definition) is 0. The van der Waals surface area contributed by atoms with Gasteiger partial charge in [-0.3, -0.25) is 4.79 Å². The summed E-state index contributed by atoms with van der Waals surface area (Å²) < 4.78 is 15.9. The van der Waals surface area contributed by atoms with Crippen LogP contribution in [0, 0.1) is 0 Å². The van der Waals surface area contributed by atoms with E-state index in [1.807, 2.05) is 30.3 Å². The maximum Gasteiger partial charge on any atom is 0.254 e. The van der Waals surface area contributed by atoms with E-state index in [1.54, 1.807) is 37.3 Å². The molecular weight excluding hydrogens is 358 g/mol. The number of carbonyl (C=O) groups excluding carboxylic acids is 1. The number of ether oxygens (including phenoxy) is 2. The summed E-state index contributed by atoms with van der Waals surface area (Å²) in [6.45, 7) is 1.09. The predicted molar refractivity (Wildman–Crippen MR) is 102 cm³/mol. The van der Waals surface area contributed by atoms with Gasteiger partial charge in [0, 0.05) is 31.1 Å². The molecule has 1 aromatic heterocycles. The lowest BCUT2D eigenvalue weighted by Crippen LogP contribution is -2.48. The molecule has 1 fully saturated rings. The molecule has 28 heavy (non-hydrogen) atoms. The van der Waals surface area contributed by atoms with Gasteiger partial charge in [0.15, 0.2) is 5.82 Å². The van der Waals surface area contributed by atoms with E-state index in [2.05, 4.69) is 10.1 Å². The fraction of sp³-hybridized carbons (Fsp3) is 0.286. The monoisotopic (exact) mass is 379 g/mol. The van der Waals surface area contributed by atoms with Gasteiger partial charge in [0.25, 0.3) is 5.91 Å². The van der Waals surface area contributed by atoms with Gasteiger partial charge in [0.05, 0.1) is 20.1 Å². The maximum absolute atomic E-state index is 12.7. The van der Waals surface area contributed by atoms with Gasteiger partial charge in [-0.05, 0) is 17.7 Å². The normalized spacial score (nSPS) is 13.9. The first-order valence-electron chi connectivity index (χ1n) is 9.05. The summed E-state index contributed by atoms with van der Waals surface area (Å²) in [4.78, 5) is 19.0. The minimum Gasteiger partial charge on any atom is -0.497 e. The second kappa shape index (κ2) is 7.72. The summed E-state index contributed by atoms with van der Waals surface area (Å²) in [6, 6.07) is 15.2. The summed E-state index contributed by atoms with van der Waals surface area (Å²) >= 11 is 0. The SMILES string of the molecule is COc1cc(OC)cc(C(=O)N2CC(c3nc(Cc4ccccc4)no3)C2)c1. The molecule has 2 aromatic carbocycles. The first-order valence-corrected chi connectivity index (χ1v) is 9.05. The largest absolute Gasteiger partial charge is 0.497 e. The van der Waals surface area contributed by atoms with Crippen LogP contribution in [0.4, 0.5) is 0 Å². The van der Waals surface area contributed by atoms with Gasteiger partial charge in [-0.25, -0.2) is 0 Å². The lowest BCUT2D eigenvalue weighted by Gasteiger charge is -2.37. The average Bonchev–Trinajstić information content (AvgIpc) is 3.14. The Labute approximate surface area is 162 Å². The van der Waals surface area contributed by atoms with Crippen LogP contribution in [0.15, 0.2) is 53.1 Å². The van der Waals surface area contributed by atoms with Gasteiger partial charge in [-0.1, -0.05) is 35.5 Å². The fourth-order valence-corrected chi connectivity index (χ4v) is 3.20. The number of amides is 1. The van der Waals surface area contributed by atoms with Crippen molar-refractivity contribution in [3.63, 3.8) is 0 Å². The van der Waals surface area contributed by atoms with Crippen molar-refractivity contribution in [2.45, 2.75) is 12.3 Å². The van der Waals surface area contributed by atoms with E-state index in [0.29, 0.717) is 48.3 Å². The van der Waals surface area contributed by atoms with Crippen molar-refractivity contribution in [1.82, 2.24) is 15.0 Å². The van der Waals surface area contributed by atoms with Crippen molar-refractivity contribution in [2.24, 2.45) is 0 Å². The van der Waals surface area contributed by atoms with Gasteiger partial charge in [-0.15, -0.1) is 0 Å². The Morgan fingerprint density at radius 2 is 1.79 bits per heavy atom. The third-order valence-electron chi connectivity index (χ3n) is 4.81. The van der Waals surface area contributed by atoms with Crippen molar-refractivity contribution >= 4 is 5.91 Å². The molecule has 0 atom stereocenters. The summed E-state index contributed by atoms with van der Waals surface area (Å²) in [5, 5.41) is 4.07. The zero-order valence-electron chi connectivity index (χ0n) is 15.8. The molecule has 1 amide bonds. The molecule has 2 heterocycles. The Kier molecular flexibility index (Phi) is 4.97. The van der Waals surface area contributed by atoms with Crippen LogP contribution in [-0.2, 0) is 6.42 Å². The molecule has 0 aliphatic carbocycles. The molecule has 144 valence electrons. The molecule has 0 saturated carbocycles. The van der Waals surface area contributed by atoms with Crippen molar-refractivity contribution in [2.75, 3.05) is 27.3 Å². The van der Waals surface area contributed by atoms with Crippen molar-refractivity contribution in [3.05, 3.63) is 71.4 Å². The lowest BCUT2D eigenvalue weighted by atomic mass is 9.98. The standard InChI is InChI=1S/C21H21N3O4/c1-26-17-9-15(10-18(11-17)27-2)21(25)24-12-16(13-24)20-22-19(23-28-20)8-14-6-4-3-5-7-14/h3-7,9-11,16H,8,12-13H2,1-2H3. The second-order valence-corrected chi connectivity index (χ2v) is 6.72. The van der Waals surface area contributed by atoms with E-state index in [9.17, 15) is 4.79 Å². The van der Waals surface area contributed by atoms with Crippen LogP contribution in [-0.4, -0.2) is 48.3 Å². The van der Waals surface area contributed by atoms with Crippen LogP contribution in [0.5, 0.6) is 11.5 Å². The highest BCUT2D eigenvalue weighted by Gasteiger charge is 2.36. The number of nitrogens with zero attached hydrogens (tertiary/aromatic N) is 3. The smallest absolute Gasteiger partial charge is 0.254 e. The predicted octanol–water partition coefficient (Wildman–Crippen LogP) is 2.92. The van der Waals surface area contributed by atoms with E-state index in [-0.39, 0.29) is 11.8 Å². The molecule has 4 rings (SSSR count). The number of benzene rings is 2. The number of likely N-dealkylation sites (tertiary alicyclic amines) is 1. The third kappa shape index (κ3) is 3.69. The van der Waals surface area contributed by atoms with Crippen LogP contribution in [0.25, 0.3) is 0 Å².